The summed E-state index contributed by atoms with van der Waals surface area (Å²) in [6.07, 6.45) is 4.26. The number of nitrogens with one attached hydrogen (secondary N) is 2. The molecule has 2 aromatic heterocycles. The normalized spacial score (nSPS) is 10.5. The van der Waals surface area contributed by atoms with Crippen LogP contribution in [-0.2, 0) is 13.5 Å². The Morgan fingerprint density at radius 3 is 2.96 bits per heavy atom. The quantitative estimate of drug-likeness (QED) is 0.757. The number of hydrogen-bond acceptors (Lipinski definition) is 4. The lowest BCUT2D eigenvalue weighted by Gasteiger charge is -2.08. The van der Waals surface area contributed by atoms with E-state index in [1.165, 1.54) is 0 Å². The highest BCUT2D eigenvalue weighted by Crippen LogP contribution is 2.24. The molecule has 0 atom stereocenters. The number of aryl methyl sites for hydroxylation is 1. The number of amides is 2. The maximum Gasteiger partial charge on any atom is 0.319 e. The SMILES string of the molecule is Cn1nccc1CCNC(=O)Nc1cccc(-c2nccs2)c1. The average Bonchev–Trinajstić information content (AvgIpc) is 3.20. The minimum Gasteiger partial charge on any atom is -0.337 e. The van der Waals surface area contributed by atoms with Crippen LogP contribution >= 0.6 is 11.3 Å². The van der Waals surface area contributed by atoms with Gasteiger partial charge in [0, 0.05) is 54.7 Å². The van der Waals surface area contributed by atoms with Gasteiger partial charge in [0.1, 0.15) is 5.01 Å². The van der Waals surface area contributed by atoms with E-state index >= 15 is 0 Å². The summed E-state index contributed by atoms with van der Waals surface area (Å²) >= 11 is 1.57. The molecular formula is C16H17N5OS. The molecule has 118 valence electrons. The van der Waals surface area contributed by atoms with Crippen molar-refractivity contribution < 1.29 is 4.79 Å². The molecule has 3 rings (SSSR count). The van der Waals surface area contributed by atoms with Crippen molar-refractivity contribution in [2.45, 2.75) is 6.42 Å². The first-order chi connectivity index (χ1) is 11.2. The van der Waals surface area contributed by atoms with Crippen LogP contribution in [0.4, 0.5) is 10.5 Å². The zero-order chi connectivity index (χ0) is 16.1. The van der Waals surface area contributed by atoms with E-state index in [0.29, 0.717) is 6.54 Å². The Labute approximate surface area is 138 Å². The topological polar surface area (TPSA) is 71.8 Å². The van der Waals surface area contributed by atoms with Crippen LogP contribution in [0.5, 0.6) is 0 Å². The summed E-state index contributed by atoms with van der Waals surface area (Å²) in [5.41, 5.74) is 2.82. The van der Waals surface area contributed by atoms with Crippen LogP contribution < -0.4 is 10.6 Å². The molecule has 6 nitrogen and oxygen atoms in total. The second-order valence-electron chi connectivity index (χ2n) is 5.00. The van der Waals surface area contributed by atoms with E-state index in [-0.39, 0.29) is 6.03 Å². The first-order valence-corrected chi connectivity index (χ1v) is 8.12. The zero-order valence-corrected chi connectivity index (χ0v) is 13.5. The molecule has 0 aliphatic heterocycles. The van der Waals surface area contributed by atoms with Crippen molar-refractivity contribution in [3.8, 4) is 10.6 Å². The fraction of sp³-hybridized carbons (Fsp3) is 0.188. The van der Waals surface area contributed by atoms with E-state index < -0.39 is 0 Å². The molecule has 0 aliphatic rings. The van der Waals surface area contributed by atoms with Gasteiger partial charge in [-0.1, -0.05) is 12.1 Å². The first-order valence-electron chi connectivity index (χ1n) is 7.24. The molecular weight excluding hydrogens is 310 g/mol. The summed E-state index contributed by atoms with van der Waals surface area (Å²) in [4.78, 5) is 16.2. The Bertz CT molecular complexity index is 781. The van der Waals surface area contributed by atoms with E-state index in [1.807, 2.05) is 42.8 Å². The van der Waals surface area contributed by atoms with Gasteiger partial charge in [0.25, 0.3) is 0 Å². The molecule has 3 aromatic rings. The zero-order valence-electron chi connectivity index (χ0n) is 12.7. The number of carbonyl (C=O) groups is 1. The third kappa shape index (κ3) is 3.95. The summed E-state index contributed by atoms with van der Waals surface area (Å²) < 4.78 is 1.80. The van der Waals surface area contributed by atoms with Crippen molar-refractivity contribution in [1.29, 1.82) is 0 Å². The fourth-order valence-corrected chi connectivity index (χ4v) is 2.86. The van der Waals surface area contributed by atoms with Gasteiger partial charge in [-0.05, 0) is 18.2 Å². The number of urea groups is 1. The van der Waals surface area contributed by atoms with Gasteiger partial charge in [0.2, 0.25) is 0 Å². The highest BCUT2D eigenvalue weighted by Gasteiger charge is 2.05. The van der Waals surface area contributed by atoms with Crippen molar-refractivity contribution in [3.05, 3.63) is 53.8 Å². The predicted molar refractivity (Wildman–Crippen MR) is 91.5 cm³/mol. The number of hydrogen-bond donors (Lipinski definition) is 2. The largest absolute Gasteiger partial charge is 0.337 e. The van der Waals surface area contributed by atoms with Crippen molar-refractivity contribution in [2.24, 2.45) is 7.05 Å². The molecule has 23 heavy (non-hydrogen) atoms. The van der Waals surface area contributed by atoms with Crippen LogP contribution in [0.2, 0.25) is 0 Å². The smallest absolute Gasteiger partial charge is 0.319 e. The summed E-state index contributed by atoms with van der Waals surface area (Å²) in [5, 5.41) is 12.7. The van der Waals surface area contributed by atoms with Crippen molar-refractivity contribution in [3.63, 3.8) is 0 Å². The number of aromatic nitrogens is 3. The van der Waals surface area contributed by atoms with Crippen LogP contribution in [-0.4, -0.2) is 27.3 Å². The van der Waals surface area contributed by atoms with Crippen molar-refractivity contribution in [2.75, 3.05) is 11.9 Å². The Kier molecular flexibility index (Phi) is 4.68. The lowest BCUT2D eigenvalue weighted by Crippen LogP contribution is -2.30. The van der Waals surface area contributed by atoms with Crippen molar-refractivity contribution >= 4 is 23.1 Å². The highest BCUT2D eigenvalue weighted by molar-refractivity contribution is 7.13. The van der Waals surface area contributed by atoms with E-state index in [2.05, 4.69) is 20.7 Å². The summed E-state index contributed by atoms with van der Waals surface area (Å²) in [5.74, 6) is 0. The monoisotopic (exact) mass is 327 g/mol. The minimum absolute atomic E-state index is 0.219. The standard InChI is InChI=1S/C16H17N5OS/c1-21-14(6-8-19-21)5-7-18-16(22)20-13-4-2-3-12(11-13)15-17-9-10-23-15/h2-4,6,8-11H,5,7H2,1H3,(H2,18,20,22). The third-order valence-corrected chi connectivity index (χ3v) is 4.21. The van der Waals surface area contributed by atoms with Gasteiger partial charge in [-0.2, -0.15) is 5.10 Å². The molecule has 0 unspecified atom stereocenters. The van der Waals surface area contributed by atoms with E-state index in [0.717, 1.165) is 28.4 Å². The summed E-state index contributed by atoms with van der Waals surface area (Å²) in [6, 6.07) is 9.38. The molecule has 2 amide bonds. The Morgan fingerprint density at radius 2 is 2.22 bits per heavy atom. The Balaban J connectivity index is 1.54. The van der Waals surface area contributed by atoms with E-state index in [9.17, 15) is 4.79 Å². The molecule has 0 saturated heterocycles. The first kappa shape index (κ1) is 15.2. The lowest BCUT2D eigenvalue weighted by molar-refractivity contribution is 0.252. The molecule has 0 radical (unpaired) electrons. The second kappa shape index (κ2) is 7.06. The van der Waals surface area contributed by atoms with Crippen LogP contribution in [0, 0.1) is 0 Å². The summed E-state index contributed by atoms with van der Waals surface area (Å²) in [6.45, 7) is 0.553. The molecule has 0 bridgehead atoms. The van der Waals surface area contributed by atoms with Gasteiger partial charge in [0.15, 0.2) is 0 Å². The minimum atomic E-state index is -0.219. The Hall–Kier alpha value is -2.67. The van der Waals surface area contributed by atoms with Crippen LogP contribution in [0.1, 0.15) is 5.69 Å². The van der Waals surface area contributed by atoms with Crippen LogP contribution in [0.3, 0.4) is 0 Å². The number of benzene rings is 1. The van der Waals surface area contributed by atoms with Gasteiger partial charge >= 0.3 is 6.03 Å². The lowest BCUT2D eigenvalue weighted by atomic mass is 10.2. The maximum absolute atomic E-state index is 12.0. The van der Waals surface area contributed by atoms with Crippen LogP contribution in [0.25, 0.3) is 10.6 Å². The molecule has 0 spiro atoms. The average molecular weight is 327 g/mol. The predicted octanol–water partition coefficient (Wildman–Crippen LogP) is 2.91. The fourth-order valence-electron chi connectivity index (χ4n) is 2.22. The number of carbonyl (C=O) groups excluding carboxylic acids is 1. The van der Waals surface area contributed by atoms with Gasteiger partial charge in [-0.15, -0.1) is 11.3 Å². The van der Waals surface area contributed by atoms with Gasteiger partial charge in [-0.3, -0.25) is 4.68 Å². The van der Waals surface area contributed by atoms with Crippen LogP contribution in [0.15, 0.2) is 48.1 Å². The molecule has 2 heterocycles. The Morgan fingerprint density at radius 1 is 1.30 bits per heavy atom. The molecule has 0 fully saturated rings. The molecule has 0 aliphatic carbocycles. The molecule has 2 N–H and O–H groups in total. The number of anilines is 1. The number of rotatable bonds is 5. The van der Waals surface area contributed by atoms with Gasteiger partial charge in [-0.25, -0.2) is 9.78 Å². The van der Waals surface area contributed by atoms with E-state index in [4.69, 9.17) is 0 Å². The molecule has 1 aromatic carbocycles. The van der Waals surface area contributed by atoms with Gasteiger partial charge in [0.05, 0.1) is 0 Å². The molecule has 0 saturated carbocycles. The number of nitrogens with zero attached hydrogens (tertiary/aromatic N) is 3. The molecule has 7 heteroatoms. The van der Waals surface area contributed by atoms with Gasteiger partial charge < -0.3 is 10.6 Å². The maximum atomic E-state index is 12.0. The summed E-state index contributed by atoms with van der Waals surface area (Å²) in [7, 11) is 1.89. The number of thiazole rings is 1. The van der Waals surface area contributed by atoms with E-state index in [1.54, 1.807) is 28.4 Å². The third-order valence-electron chi connectivity index (χ3n) is 3.39. The van der Waals surface area contributed by atoms with Crippen molar-refractivity contribution in [1.82, 2.24) is 20.1 Å². The second-order valence-corrected chi connectivity index (χ2v) is 5.89. The highest BCUT2D eigenvalue weighted by atomic mass is 32.1.